The van der Waals surface area contributed by atoms with Crippen LogP contribution in [0.2, 0.25) is 0 Å². The Morgan fingerprint density at radius 1 is 1.40 bits per heavy atom. The zero-order valence-corrected chi connectivity index (χ0v) is 11.8. The predicted molar refractivity (Wildman–Crippen MR) is 77.1 cm³/mol. The molecule has 1 aromatic carbocycles. The van der Waals surface area contributed by atoms with Gasteiger partial charge in [0.25, 0.3) is 5.91 Å². The Labute approximate surface area is 118 Å². The molecule has 108 valence electrons. The van der Waals surface area contributed by atoms with Crippen molar-refractivity contribution in [3.05, 3.63) is 29.3 Å². The molecular weight excluding hydrogens is 256 g/mol. The molecule has 5 nitrogen and oxygen atoms in total. The van der Waals surface area contributed by atoms with Gasteiger partial charge in [0, 0.05) is 23.8 Å². The van der Waals surface area contributed by atoms with Crippen LogP contribution in [0.4, 0.5) is 5.69 Å². The number of nitrogens with zero attached hydrogens (tertiary/aromatic N) is 1. The van der Waals surface area contributed by atoms with E-state index in [1.807, 2.05) is 26.0 Å². The standard InChI is InChI=1S/C15H20N2O3/c1-10(2)17(9-14(18)19)15(20)12-5-3-7-13-11(12)6-4-8-16-13/h3,5,7,10,16H,4,6,8-9H2,1-2H3,(H,18,19). The summed E-state index contributed by atoms with van der Waals surface area (Å²) in [6.45, 7) is 4.30. The van der Waals surface area contributed by atoms with Gasteiger partial charge in [-0.3, -0.25) is 9.59 Å². The molecule has 1 aliphatic heterocycles. The van der Waals surface area contributed by atoms with Crippen molar-refractivity contribution < 1.29 is 14.7 Å². The third-order valence-electron chi connectivity index (χ3n) is 3.52. The van der Waals surface area contributed by atoms with E-state index in [-0.39, 0.29) is 18.5 Å². The Kier molecular flexibility index (Phi) is 4.27. The van der Waals surface area contributed by atoms with Crippen LogP contribution in [0.25, 0.3) is 0 Å². The first-order valence-corrected chi connectivity index (χ1v) is 6.89. The van der Waals surface area contributed by atoms with Crippen molar-refractivity contribution in [3.63, 3.8) is 0 Å². The zero-order valence-electron chi connectivity index (χ0n) is 11.8. The number of benzene rings is 1. The van der Waals surface area contributed by atoms with Gasteiger partial charge < -0.3 is 15.3 Å². The zero-order chi connectivity index (χ0) is 14.7. The number of nitrogens with one attached hydrogen (secondary N) is 1. The van der Waals surface area contributed by atoms with Gasteiger partial charge in [-0.2, -0.15) is 0 Å². The smallest absolute Gasteiger partial charge is 0.323 e. The summed E-state index contributed by atoms with van der Waals surface area (Å²) in [5.41, 5.74) is 2.60. The number of carboxylic acids is 1. The van der Waals surface area contributed by atoms with Crippen LogP contribution in [-0.2, 0) is 11.2 Å². The second-order valence-electron chi connectivity index (χ2n) is 5.28. The number of carboxylic acid groups (broad SMARTS) is 1. The van der Waals surface area contributed by atoms with Gasteiger partial charge in [0.05, 0.1) is 0 Å². The third-order valence-corrected chi connectivity index (χ3v) is 3.52. The second kappa shape index (κ2) is 5.94. The summed E-state index contributed by atoms with van der Waals surface area (Å²) < 4.78 is 0. The molecule has 5 heteroatoms. The van der Waals surface area contributed by atoms with Crippen molar-refractivity contribution >= 4 is 17.6 Å². The summed E-state index contributed by atoms with van der Waals surface area (Å²) in [5, 5.41) is 12.2. The molecule has 0 saturated carbocycles. The highest BCUT2D eigenvalue weighted by Crippen LogP contribution is 2.26. The van der Waals surface area contributed by atoms with E-state index in [0.717, 1.165) is 30.6 Å². The number of carbonyl (C=O) groups excluding carboxylic acids is 1. The maximum absolute atomic E-state index is 12.6. The summed E-state index contributed by atoms with van der Waals surface area (Å²) in [4.78, 5) is 25.0. The highest BCUT2D eigenvalue weighted by atomic mass is 16.4. The van der Waals surface area contributed by atoms with Gasteiger partial charge in [0.15, 0.2) is 0 Å². The highest BCUT2D eigenvalue weighted by Gasteiger charge is 2.25. The average Bonchev–Trinajstić information content (AvgIpc) is 2.43. The van der Waals surface area contributed by atoms with Crippen LogP contribution in [-0.4, -0.2) is 41.0 Å². The molecule has 0 unspecified atom stereocenters. The molecule has 0 fully saturated rings. The van der Waals surface area contributed by atoms with Crippen molar-refractivity contribution in [2.24, 2.45) is 0 Å². The molecule has 2 N–H and O–H groups in total. The number of aliphatic carboxylic acids is 1. The molecule has 0 aliphatic carbocycles. The van der Waals surface area contributed by atoms with Gasteiger partial charge in [-0.15, -0.1) is 0 Å². The molecule has 0 aromatic heterocycles. The van der Waals surface area contributed by atoms with Gasteiger partial charge in [0.2, 0.25) is 0 Å². The fourth-order valence-electron chi connectivity index (χ4n) is 2.50. The van der Waals surface area contributed by atoms with Crippen LogP contribution in [0, 0.1) is 0 Å². The number of carbonyl (C=O) groups is 2. The Bertz CT molecular complexity index is 526. The number of anilines is 1. The van der Waals surface area contributed by atoms with Crippen molar-refractivity contribution in [2.75, 3.05) is 18.4 Å². The molecule has 1 heterocycles. The molecule has 0 bridgehead atoms. The first-order valence-electron chi connectivity index (χ1n) is 6.89. The first-order chi connectivity index (χ1) is 9.50. The Morgan fingerprint density at radius 2 is 2.15 bits per heavy atom. The van der Waals surface area contributed by atoms with Crippen molar-refractivity contribution in [1.82, 2.24) is 4.90 Å². The molecule has 1 aromatic rings. The number of hydrogen-bond acceptors (Lipinski definition) is 3. The lowest BCUT2D eigenvalue weighted by Crippen LogP contribution is -2.41. The molecule has 0 atom stereocenters. The van der Waals surface area contributed by atoms with Crippen LogP contribution in [0.3, 0.4) is 0 Å². The van der Waals surface area contributed by atoms with E-state index in [1.165, 1.54) is 4.90 Å². The predicted octanol–water partition coefficient (Wildman–Crippen LogP) is 1.98. The van der Waals surface area contributed by atoms with Gasteiger partial charge >= 0.3 is 5.97 Å². The minimum absolute atomic E-state index is 0.147. The fraction of sp³-hybridized carbons (Fsp3) is 0.467. The maximum atomic E-state index is 12.6. The number of hydrogen-bond donors (Lipinski definition) is 2. The quantitative estimate of drug-likeness (QED) is 0.882. The van der Waals surface area contributed by atoms with Gasteiger partial charge in [-0.1, -0.05) is 6.07 Å². The lowest BCUT2D eigenvalue weighted by atomic mass is 9.96. The molecule has 0 saturated heterocycles. The van der Waals surface area contributed by atoms with Gasteiger partial charge in [0.1, 0.15) is 6.54 Å². The topological polar surface area (TPSA) is 69.6 Å². The van der Waals surface area contributed by atoms with E-state index in [0.29, 0.717) is 5.56 Å². The minimum atomic E-state index is -0.991. The number of amides is 1. The summed E-state index contributed by atoms with van der Waals surface area (Å²) in [6.07, 6.45) is 1.83. The van der Waals surface area contributed by atoms with E-state index >= 15 is 0 Å². The van der Waals surface area contributed by atoms with E-state index in [1.54, 1.807) is 6.07 Å². The van der Waals surface area contributed by atoms with Crippen molar-refractivity contribution in [1.29, 1.82) is 0 Å². The molecule has 20 heavy (non-hydrogen) atoms. The van der Waals surface area contributed by atoms with Crippen molar-refractivity contribution in [2.45, 2.75) is 32.7 Å². The van der Waals surface area contributed by atoms with Crippen LogP contribution >= 0.6 is 0 Å². The molecule has 1 amide bonds. The molecule has 1 aliphatic rings. The summed E-state index contributed by atoms with van der Waals surface area (Å²) >= 11 is 0. The van der Waals surface area contributed by atoms with Crippen LogP contribution in [0.5, 0.6) is 0 Å². The lowest BCUT2D eigenvalue weighted by molar-refractivity contribution is -0.138. The van der Waals surface area contributed by atoms with E-state index in [2.05, 4.69) is 5.32 Å². The summed E-state index contributed by atoms with van der Waals surface area (Å²) in [5.74, 6) is -1.20. The fourth-order valence-corrected chi connectivity index (χ4v) is 2.50. The SMILES string of the molecule is CC(C)N(CC(=O)O)C(=O)c1cccc2c1CCCN2. The van der Waals surface area contributed by atoms with Crippen LogP contribution in [0.15, 0.2) is 18.2 Å². The summed E-state index contributed by atoms with van der Waals surface area (Å²) in [6, 6.07) is 5.43. The average molecular weight is 276 g/mol. The van der Waals surface area contributed by atoms with Crippen LogP contribution < -0.4 is 5.32 Å². The lowest BCUT2D eigenvalue weighted by Gasteiger charge is -2.27. The number of rotatable bonds is 4. The Hall–Kier alpha value is -2.04. The Balaban J connectivity index is 2.34. The largest absolute Gasteiger partial charge is 0.480 e. The third kappa shape index (κ3) is 2.92. The normalized spacial score (nSPS) is 13.6. The van der Waals surface area contributed by atoms with E-state index in [4.69, 9.17) is 5.11 Å². The maximum Gasteiger partial charge on any atom is 0.323 e. The van der Waals surface area contributed by atoms with Crippen LogP contribution in [0.1, 0.15) is 36.2 Å². The van der Waals surface area contributed by atoms with Gasteiger partial charge in [-0.25, -0.2) is 0 Å². The molecule has 2 rings (SSSR count). The highest BCUT2D eigenvalue weighted by molar-refractivity contribution is 5.98. The van der Waals surface area contributed by atoms with Gasteiger partial charge in [-0.05, 0) is 44.4 Å². The van der Waals surface area contributed by atoms with E-state index in [9.17, 15) is 9.59 Å². The summed E-state index contributed by atoms with van der Waals surface area (Å²) in [7, 11) is 0. The Morgan fingerprint density at radius 3 is 2.80 bits per heavy atom. The number of fused-ring (bicyclic) bond motifs is 1. The second-order valence-corrected chi connectivity index (χ2v) is 5.28. The molecule has 0 spiro atoms. The molecule has 0 radical (unpaired) electrons. The monoisotopic (exact) mass is 276 g/mol. The van der Waals surface area contributed by atoms with Crippen molar-refractivity contribution in [3.8, 4) is 0 Å². The molecular formula is C15H20N2O3. The first kappa shape index (κ1) is 14.4. The minimum Gasteiger partial charge on any atom is -0.480 e. The van der Waals surface area contributed by atoms with E-state index < -0.39 is 5.97 Å².